The molecule has 1 N–H and O–H groups in total. The SMILES string of the molecule is COc1ccc(C2=NN(C(=S)Nc3ccccc3)C(c3ccc4c(c3)OCCO4)C2)cc1. The molecule has 3 aromatic rings. The van der Waals surface area contributed by atoms with Gasteiger partial charge in [-0.25, -0.2) is 5.01 Å². The molecular formula is C25H23N3O3S. The molecule has 0 radical (unpaired) electrons. The van der Waals surface area contributed by atoms with Crippen LogP contribution in [0, 0.1) is 0 Å². The van der Waals surface area contributed by atoms with Gasteiger partial charge in [-0.15, -0.1) is 0 Å². The maximum absolute atomic E-state index is 5.81. The number of fused-ring (bicyclic) bond motifs is 1. The Kier molecular flexibility index (Phi) is 5.64. The van der Waals surface area contributed by atoms with Gasteiger partial charge in [-0.1, -0.05) is 24.3 Å². The molecule has 32 heavy (non-hydrogen) atoms. The summed E-state index contributed by atoms with van der Waals surface area (Å²) in [5.41, 5.74) is 3.99. The van der Waals surface area contributed by atoms with Gasteiger partial charge >= 0.3 is 0 Å². The van der Waals surface area contributed by atoms with E-state index in [1.54, 1.807) is 7.11 Å². The zero-order chi connectivity index (χ0) is 21.9. The number of ether oxygens (including phenoxy) is 3. The van der Waals surface area contributed by atoms with Gasteiger partial charge in [0.15, 0.2) is 16.6 Å². The van der Waals surface area contributed by atoms with Gasteiger partial charge in [0.2, 0.25) is 0 Å². The van der Waals surface area contributed by atoms with E-state index in [2.05, 4.69) is 11.4 Å². The zero-order valence-electron chi connectivity index (χ0n) is 17.7. The summed E-state index contributed by atoms with van der Waals surface area (Å²) in [5.74, 6) is 2.34. The van der Waals surface area contributed by atoms with Crippen molar-refractivity contribution in [1.82, 2.24) is 5.01 Å². The second kappa shape index (κ2) is 8.88. The number of thiocarbonyl (C=S) groups is 1. The number of methoxy groups -OCH3 is 1. The van der Waals surface area contributed by atoms with Crippen LogP contribution in [-0.4, -0.2) is 36.2 Å². The highest BCUT2D eigenvalue weighted by Gasteiger charge is 2.32. The van der Waals surface area contributed by atoms with E-state index < -0.39 is 0 Å². The van der Waals surface area contributed by atoms with Gasteiger partial charge in [-0.3, -0.25) is 0 Å². The number of nitrogens with zero attached hydrogens (tertiary/aromatic N) is 2. The lowest BCUT2D eigenvalue weighted by Crippen LogP contribution is -2.31. The van der Waals surface area contributed by atoms with Gasteiger partial charge in [0, 0.05) is 12.1 Å². The Balaban J connectivity index is 1.47. The van der Waals surface area contributed by atoms with Gasteiger partial charge in [-0.05, 0) is 71.9 Å². The van der Waals surface area contributed by atoms with Crippen molar-refractivity contribution in [3.05, 3.63) is 83.9 Å². The monoisotopic (exact) mass is 445 g/mol. The number of benzene rings is 3. The molecule has 0 spiro atoms. The predicted molar refractivity (Wildman–Crippen MR) is 129 cm³/mol. The minimum atomic E-state index is -0.0633. The molecule has 0 aliphatic carbocycles. The molecule has 0 amide bonds. The summed E-state index contributed by atoms with van der Waals surface area (Å²) < 4.78 is 16.8. The van der Waals surface area contributed by atoms with Gasteiger partial charge in [0.25, 0.3) is 0 Å². The third-order valence-electron chi connectivity index (χ3n) is 5.52. The van der Waals surface area contributed by atoms with E-state index in [9.17, 15) is 0 Å². The van der Waals surface area contributed by atoms with Crippen LogP contribution >= 0.6 is 12.2 Å². The molecule has 5 rings (SSSR count). The van der Waals surface area contributed by atoms with Crippen molar-refractivity contribution in [3.8, 4) is 17.2 Å². The Hall–Kier alpha value is -3.58. The molecule has 0 saturated heterocycles. The van der Waals surface area contributed by atoms with E-state index >= 15 is 0 Å². The summed E-state index contributed by atoms with van der Waals surface area (Å²) in [6, 6.07) is 23.8. The molecule has 0 saturated carbocycles. The number of anilines is 1. The van der Waals surface area contributed by atoms with Crippen LogP contribution in [0.4, 0.5) is 5.69 Å². The normalized spacial score (nSPS) is 17.0. The summed E-state index contributed by atoms with van der Waals surface area (Å²) in [6.45, 7) is 1.12. The molecule has 2 heterocycles. The standard InChI is InChI=1S/C25H23N3O3S/c1-29-20-10-7-17(8-11-20)21-16-22(18-9-12-23-24(15-18)31-14-13-30-23)28(27-21)25(32)26-19-5-3-2-4-6-19/h2-12,15,22H,13-14,16H2,1H3,(H,26,32). The van der Waals surface area contributed by atoms with Crippen LogP contribution in [0.1, 0.15) is 23.6 Å². The van der Waals surface area contributed by atoms with Crippen LogP contribution in [0.15, 0.2) is 77.9 Å². The minimum Gasteiger partial charge on any atom is -0.497 e. The average molecular weight is 446 g/mol. The van der Waals surface area contributed by atoms with E-state index in [0.29, 0.717) is 24.7 Å². The molecule has 3 aromatic carbocycles. The Bertz CT molecular complexity index is 1150. The number of hydrogen-bond acceptors (Lipinski definition) is 5. The summed E-state index contributed by atoms with van der Waals surface area (Å²) in [4.78, 5) is 0. The van der Waals surface area contributed by atoms with E-state index in [1.807, 2.05) is 71.7 Å². The summed E-state index contributed by atoms with van der Waals surface area (Å²) >= 11 is 5.77. The molecule has 0 bridgehead atoms. The van der Waals surface area contributed by atoms with Crippen molar-refractivity contribution in [2.45, 2.75) is 12.5 Å². The fourth-order valence-corrected chi connectivity index (χ4v) is 4.17. The molecule has 0 fully saturated rings. The number of hydrogen-bond donors (Lipinski definition) is 1. The third kappa shape index (κ3) is 4.11. The molecular weight excluding hydrogens is 422 g/mol. The van der Waals surface area contributed by atoms with Crippen LogP contribution in [0.3, 0.4) is 0 Å². The average Bonchev–Trinajstić information content (AvgIpc) is 3.30. The molecule has 1 atom stereocenters. The third-order valence-corrected chi connectivity index (χ3v) is 5.81. The van der Waals surface area contributed by atoms with E-state index in [1.165, 1.54) is 0 Å². The summed E-state index contributed by atoms with van der Waals surface area (Å²) in [6.07, 6.45) is 0.711. The number of rotatable bonds is 4. The van der Waals surface area contributed by atoms with Crippen LogP contribution < -0.4 is 19.5 Å². The molecule has 7 heteroatoms. The number of nitrogens with one attached hydrogen (secondary N) is 1. The first-order valence-corrected chi connectivity index (χ1v) is 10.9. The van der Waals surface area contributed by atoms with Gasteiger partial charge < -0.3 is 19.5 Å². The predicted octanol–water partition coefficient (Wildman–Crippen LogP) is 5.01. The fraction of sp³-hybridized carbons (Fsp3) is 0.200. The first-order valence-electron chi connectivity index (χ1n) is 10.5. The Morgan fingerprint density at radius 3 is 2.50 bits per heavy atom. The van der Waals surface area contributed by atoms with Gasteiger partial charge in [0.1, 0.15) is 19.0 Å². The maximum Gasteiger partial charge on any atom is 0.194 e. The van der Waals surface area contributed by atoms with Crippen molar-refractivity contribution < 1.29 is 14.2 Å². The number of hydrazone groups is 1. The van der Waals surface area contributed by atoms with E-state index in [-0.39, 0.29) is 6.04 Å². The van der Waals surface area contributed by atoms with Gasteiger partial charge in [0.05, 0.1) is 18.9 Å². The largest absolute Gasteiger partial charge is 0.497 e. The molecule has 0 aromatic heterocycles. The van der Waals surface area contributed by atoms with Crippen molar-refractivity contribution in [2.75, 3.05) is 25.6 Å². The first-order chi connectivity index (χ1) is 15.7. The van der Waals surface area contributed by atoms with Crippen LogP contribution in [0.2, 0.25) is 0 Å². The minimum absolute atomic E-state index is 0.0633. The van der Waals surface area contributed by atoms with Crippen molar-refractivity contribution in [3.63, 3.8) is 0 Å². The van der Waals surface area contributed by atoms with Gasteiger partial charge in [-0.2, -0.15) is 5.10 Å². The maximum atomic E-state index is 5.81. The second-order valence-electron chi connectivity index (χ2n) is 7.54. The summed E-state index contributed by atoms with van der Waals surface area (Å²) in [5, 5.41) is 10.6. The highest BCUT2D eigenvalue weighted by Crippen LogP contribution is 2.38. The first kappa shape index (κ1) is 20.3. The molecule has 6 nitrogen and oxygen atoms in total. The lowest BCUT2D eigenvalue weighted by atomic mass is 9.98. The Labute approximate surface area is 192 Å². The van der Waals surface area contributed by atoms with Crippen molar-refractivity contribution >= 4 is 28.7 Å². The molecule has 2 aliphatic rings. The molecule has 1 unspecified atom stereocenters. The topological polar surface area (TPSA) is 55.3 Å². The Morgan fingerprint density at radius 2 is 1.75 bits per heavy atom. The highest BCUT2D eigenvalue weighted by atomic mass is 32.1. The fourth-order valence-electron chi connectivity index (χ4n) is 3.88. The number of para-hydroxylation sites is 1. The Morgan fingerprint density at radius 1 is 1.00 bits per heavy atom. The van der Waals surface area contributed by atoms with E-state index in [0.717, 1.165) is 39.8 Å². The summed E-state index contributed by atoms with van der Waals surface area (Å²) in [7, 11) is 1.66. The second-order valence-corrected chi connectivity index (χ2v) is 7.93. The smallest absolute Gasteiger partial charge is 0.194 e. The van der Waals surface area contributed by atoms with Crippen LogP contribution in [-0.2, 0) is 0 Å². The highest BCUT2D eigenvalue weighted by molar-refractivity contribution is 7.80. The van der Waals surface area contributed by atoms with E-state index in [4.69, 9.17) is 31.5 Å². The molecule has 2 aliphatic heterocycles. The lowest BCUT2D eigenvalue weighted by Gasteiger charge is -2.26. The van der Waals surface area contributed by atoms with Crippen molar-refractivity contribution in [2.24, 2.45) is 5.10 Å². The quantitative estimate of drug-likeness (QED) is 0.570. The van der Waals surface area contributed by atoms with Crippen molar-refractivity contribution in [1.29, 1.82) is 0 Å². The van der Waals surface area contributed by atoms with Crippen LogP contribution in [0.25, 0.3) is 0 Å². The molecule has 162 valence electrons. The van der Waals surface area contributed by atoms with Crippen LogP contribution in [0.5, 0.6) is 17.2 Å². The zero-order valence-corrected chi connectivity index (χ0v) is 18.5. The lowest BCUT2D eigenvalue weighted by molar-refractivity contribution is 0.171.